The van der Waals surface area contributed by atoms with Crippen LogP contribution in [0.4, 0.5) is 0 Å². The van der Waals surface area contributed by atoms with Crippen molar-refractivity contribution in [2.24, 2.45) is 5.92 Å². The molecule has 0 N–H and O–H groups in total. The van der Waals surface area contributed by atoms with Crippen LogP contribution < -0.4 is 0 Å². The van der Waals surface area contributed by atoms with Gasteiger partial charge in [-0.25, -0.2) is 0 Å². The van der Waals surface area contributed by atoms with Crippen molar-refractivity contribution in [1.82, 2.24) is 0 Å². The average Bonchev–Trinajstić information content (AvgIpc) is 1.84. The Hall–Kier alpha value is 0.530. The Balaban J connectivity index is 4.28. The molecule has 0 aliphatic carbocycles. The summed E-state index contributed by atoms with van der Waals surface area (Å²) in [4.78, 5) is 2.67. The van der Waals surface area contributed by atoms with Crippen molar-refractivity contribution in [2.45, 2.75) is 27.2 Å². The summed E-state index contributed by atoms with van der Waals surface area (Å²) in [5.74, 6) is 0.610. The number of rotatable bonds is 3. The van der Waals surface area contributed by atoms with E-state index in [1.165, 1.54) is 0 Å². The lowest BCUT2D eigenvalue weighted by Crippen LogP contribution is -1.93. The van der Waals surface area contributed by atoms with Crippen LogP contribution >= 0.6 is 37.5 Å². The van der Waals surface area contributed by atoms with E-state index in [2.05, 4.69) is 39.1 Å². The van der Waals surface area contributed by atoms with Crippen molar-refractivity contribution in [3.8, 4) is 0 Å². The van der Waals surface area contributed by atoms with Gasteiger partial charge in [0.05, 0.1) is 0 Å². The normalized spacial score (nSPS) is 13.3. The van der Waals surface area contributed by atoms with Crippen LogP contribution in [0.15, 0.2) is 9.81 Å². The second kappa shape index (κ2) is 5.22. The van der Waals surface area contributed by atoms with E-state index in [1.807, 2.05) is 6.92 Å². The fraction of sp³-hybridized carbons (Fsp3) is 0.625. The molecular formula is C8H14S3. The van der Waals surface area contributed by atoms with Crippen LogP contribution in [0.25, 0.3) is 0 Å². The van der Waals surface area contributed by atoms with E-state index in [9.17, 15) is 0 Å². The van der Waals surface area contributed by atoms with Gasteiger partial charge in [0.2, 0.25) is 0 Å². The van der Waals surface area contributed by atoms with Gasteiger partial charge in [-0.15, -0.1) is 25.3 Å². The van der Waals surface area contributed by atoms with Gasteiger partial charge in [0.15, 0.2) is 0 Å². The predicted molar refractivity (Wildman–Crippen MR) is 62.7 cm³/mol. The van der Waals surface area contributed by atoms with Crippen LogP contribution in [-0.4, -0.2) is 4.86 Å². The second-order valence-electron chi connectivity index (χ2n) is 2.95. The van der Waals surface area contributed by atoms with Gasteiger partial charge in [0.1, 0.15) is 0 Å². The zero-order valence-corrected chi connectivity index (χ0v) is 9.69. The lowest BCUT2D eigenvalue weighted by atomic mass is 10.1. The Bertz CT molecular complexity index is 180. The third-order valence-corrected chi connectivity index (χ3v) is 2.75. The molecule has 0 aromatic heterocycles. The summed E-state index contributed by atoms with van der Waals surface area (Å²) in [6.45, 7) is 6.17. The van der Waals surface area contributed by atoms with E-state index >= 15 is 0 Å². The summed E-state index contributed by atoms with van der Waals surface area (Å²) in [6, 6.07) is 0. The van der Waals surface area contributed by atoms with E-state index in [0.29, 0.717) is 5.92 Å². The molecule has 0 aliphatic heterocycles. The Morgan fingerprint density at radius 2 is 1.82 bits per heavy atom. The molecule has 0 fully saturated rings. The number of thiocarbonyl (C=S) groups is 1. The molecule has 0 bridgehead atoms. The molecule has 0 rings (SSSR count). The highest BCUT2D eigenvalue weighted by atomic mass is 32.1. The quantitative estimate of drug-likeness (QED) is 0.405. The lowest BCUT2D eigenvalue weighted by Gasteiger charge is -2.06. The van der Waals surface area contributed by atoms with Crippen LogP contribution in [0.3, 0.4) is 0 Å². The zero-order chi connectivity index (χ0) is 9.02. The van der Waals surface area contributed by atoms with Gasteiger partial charge < -0.3 is 0 Å². The number of allylic oxidation sites excluding steroid dienone is 2. The minimum Gasteiger partial charge on any atom is -0.147 e. The molecule has 0 amide bonds. The molecule has 0 spiro atoms. The van der Waals surface area contributed by atoms with Crippen molar-refractivity contribution >= 4 is 42.3 Å². The smallest absolute Gasteiger partial charge is 0.0270 e. The van der Waals surface area contributed by atoms with Crippen LogP contribution in [0.1, 0.15) is 27.2 Å². The molecule has 3 heteroatoms. The van der Waals surface area contributed by atoms with Crippen LogP contribution in [0, 0.1) is 5.92 Å². The van der Waals surface area contributed by atoms with Gasteiger partial charge in [0.25, 0.3) is 0 Å². The van der Waals surface area contributed by atoms with Gasteiger partial charge in [-0.05, 0) is 24.2 Å². The van der Waals surface area contributed by atoms with Crippen LogP contribution in [-0.2, 0) is 0 Å². The van der Waals surface area contributed by atoms with Crippen LogP contribution in [0.2, 0.25) is 0 Å². The molecule has 0 radical (unpaired) electrons. The molecule has 0 unspecified atom stereocenters. The summed E-state index contributed by atoms with van der Waals surface area (Å²) in [5.41, 5.74) is 0. The van der Waals surface area contributed by atoms with Gasteiger partial charge in [-0.1, -0.05) is 26.1 Å². The molecule has 11 heavy (non-hydrogen) atoms. The maximum absolute atomic E-state index is 4.96. The maximum atomic E-state index is 4.96. The zero-order valence-electron chi connectivity index (χ0n) is 7.09. The number of thiol groups is 2. The highest BCUT2D eigenvalue weighted by Gasteiger charge is 2.03. The van der Waals surface area contributed by atoms with Gasteiger partial charge in [0, 0.05) is 9.77 Å². The molecule has 0 aromatic carbocycles. The molecule has 64 valence electrons. The van der Waals surface area contributed by atoms with Gasteiger partial charge >= 0.3 is 0 Å². The van der Waals surface area contributed by atoms with Crippen molar-refractivity contribution in [3.63, 3.8) is 0 Å². The Morgan fingerprint density at radius 3 is 2.09 bits per heavy atom. The van der Waals surface area contributed by atoms with E-state index in [0.717, 1.165) is 21.1 Å². The third kappa shape index (κ3) is 4.88. The topological polar surface area (TPSA) is 0 Å². The van der Waals surface area contributed by atoms with E-state index in [4.69, 9.17) is 12.2 Å². The molecule has 0 aliphatic rings. The molecule has 0 heterocycles. The summed E-state index contributed by atoms with van der Waals surface area (Å²) in [7, 11) is 0. The first kappa shape index (κ1) is 11.5. The summed E-state index contributed by atoms with van der Waals surface area (Å²) < 4.78 is 0. The first-order chi connectivity index (χ1) is 4.95. The van der Waals surface area contributed by atoms with Crippen molar-refractivity contribution in [3.05, 3.63) is 9.81 Å². The van der Waals surface area contributed by atoms with Gasteiger partial charge in [-0.3, -0.25) is 0 Å². The first-order valence-corrected chi connectivity index (χ1v) is 4.87. The predicted octanol–water partition coefficient (Wildman–Crippen LogP) is 3.49. The second-order valence-corrected chi connectivity index (χ2v) is 4.55. The Morgan fingerprint density at radius 1 is 1.36 bits per heavy atom. The minimum atomic E-state index is 0.610. The Labute approximate surface area is 85.3 Å². The fourth-order valence-corrected chi connectivity index (χ4v) is 1.51. The summed E-state index contributed by atoms with van der Waals surface area (Å²) in [5, 5.41) is 0. The summed E-state index contributed by atoms with van der Waals surface area (Å²) >= 11 is 13.5. The monoisotopic (exact) mass is 206 g/mol. The Kier molecular flexibility index (Phi) is 5.48. The number of hydrogen-bond acceptors (Lipinski definition) is 3. The largest absolute Gasteiger partial charge is 0.147 e. The standard InChI is InChI=1S/C8H14S3/c1-5(2)4-7(10)8(11)6(3)9/h5,10-11H,4H2,1-3H3/b8-7-. The fourth-order valence-electron chi connectivity index (χ4n) is 0.687. The highest BCUT2D eigenvalue weighted by molar-refractivity contribution is 7.92. The minimum absolute atomic E-state index is 0.610. The maximum Gasteiger partial charge on any atom is 0.0270 e. The third-order valence-electron chi connectivity index (χ3n) is 1.21. The molecule has 0 nitrogen and oxygen atoms in total. The SMILES string of the molecule is CC(=S)/C(S)=C(/S)CC(C)C. The summed E-state index contributed by atoms with van der Waals surface area (Å²) in [6.07, 6.45) is 0.954. The van der Waals surface area contributed by atoms with Crippen LogP contribution in [0.5, 0.6) is 0 Å². The van der Waals surface area contributed by atoms with Gasteiger partial charge in [-0.2, -0.15) is 0 Å². The van der Waals surface area contributed by atoms with Crippen molar-refractivity contribution < 1.29 is 0 Å². The molecule has 0 aromatic rings. The van der Waals surface area contributed by atoms with Crippen molar-refractivity contribution in [2.75, 3.05) is 0 Å². The highest BCUT2D eigenvalue weighted by Crippen LogP contribution is 2.21. The lowest BCUT2D eigenvalue weighted by molar-refractivity contribution is 0.659. The first-order valence-electron chi connectivity index (χ1n) is 3.57. The molecule has 0 atom stereocenters. The van der Waals surface area contributed by atoms with Crippen molar-refractivity contribution in [1.29, 1.82) is 0 Å². The molecule has 0 saturated carbocycles. The van der Waals surface area contributed by atoms with E-state index in [1.54, 1.807) is 0 Å². The van der Waals surface area contributed by atoms with E-state index < -0.39 is 0 Å². The van der Waals surface area contributed by atoms with E-state index in [-0.39, 0.29) is 0 Å². The molecule has 0 saturated heterocycles. The number of hydrogen-bond donors (Lipinski definition) is 2. The average molecular weight is 206 g/mol. The molecular weight excluding hydrogens is 192 g/mol.